The molecular weight excluding hydrogens is 198 g/mol. The smallest absolute Gasteiger partial charge is 0.0518 e. The van der Waals surface area contributed by atoms with E-state index in [1.807, 2.05) is 17.9 Å². The maximum absolute atomic E-state index is 4.16. The molecule has 1 rings (SSSR count). The van der Waals surface area contributed by atoms with Crippen molar-refractivity contribution in [1.29, 1.82) is 0 Å². The predicted molar refractivity (Wildman–Crippen MR) is 68.2 cm³/mol. The lowest BCUT2D eigenvalue weighted by Crippen LogP contribution is -2.26. The molecule has 0 spiro atoms. The minimum absolute atomic E-state index is 0.591. The average Bonchev–Trinajstić information content (AvgIpc) is 2.60. The molecule has 1 heterocycles. The summed E-state index contributed by atoms with van der Waals surface area (Å²) in [4.78, 5) is 0. The predicted octanol–water partition coefficient (Wildman–Crippen LogP) is 2.72. The lowest BCUT2D eigenvalue weighted by Gasteiger charge is -2.14. The maximum atomic E-state index is 4.16. The Balaban J connectivity index is 2.15. The molecule has 1 atom stereocenters. The highest BCUT2D eigenvalue weighted by atomic mass is 15.3. The van der Waals surface area contributed by atoms with Gasteiger partial charge in [0.05, 0.1) is 5.69 Å². The summed E-state index contributed by atoms with van der Waals surface area (Å²) in [6.45, 7) is 7.75. The van der Waals surface area contributed by atoms with Crippen LogP contribution in [0.25, 0.3) is 0 Å². The second kappa shape index (κ2) is 6.69. The van der Waals surface area contributed by atoms with Gasteiger partial charge in [-0.25, -0.2) is 0 Å². The van der Waals surface area contributed by atoms with Crippen molar-refractivity contribution in [2.75, 3.05) is 0 Å². The zero-order valence-corrected chi connectivity index (χ0v) is 11.0. The van der Waals surface area contributed by atoms with Crippen molar-refractivity contribution in [3.05, 3.63) is 18.0 Å². The van der Waals surface area contributed by atoms with Crippen LogP contribution in [-0.2, 0) is 13.6 Å². The zero-order valence-electron chi connectivity index (χ0n) is 11.0. The summed E-state index contributed by atoms with van der Waals surface area (Å²) in [5, 5.41) is 7.70. The van der Waals surface area contributed by atoms with E-state index < -0.39 is 0 Å². The highest BCUT2D eigenvalue weighted by Gasteiger charge is 2.04. The molecule has 16 heavy (non-hydrogen) atoms. The molecule has 0 amide bonds. The summed E-state index contributed by atoms with van der Waals surface area (Å²) in [5.74, 6) is 0.823. The fourth-order valence-electron chi connectivity index (χ4n) is 1.79. The average molecular weight is 223 g/mol. The first-order valence-electron chi connectivity index (χ1n) is 6.30. The molecule has 1 aromatic rings. The van der Waals surface area contributed by atoms with E-state index in [9.17, 15) is 0 Å². The Hall–Kier alpha value is -0.830. The van der Waals surface area contributed by atoms with E-state index in [4.69, 9.17) is 0 Å². The van der Waals surface area contributed by atoms with Crippen LogP contribution in [0.5, 0.6) is 0 Å². The van der Waals surface area contributed by atoms with Crippen LogP contribution in [0.15, 0.2) is 12.3 Å². The van der Waals surface area contributed by atoms with Crippen LogP contribution in [-0.4, -0.2) is 15.8 Å². The minimum Gasteiger partial charge on any atom is -0.309 e. The molecule has 0 bridgehead atoms. The standard InChI is InChI=1S/C13H25N3/c1-11(2)6-5-7-12(3)14-10-13-8-9-15-16(13)4/h8-9,11-12,14H,5-7,10H2,1-4H3. The summed E-state index contributed by atoms with van der Waals surface area (Å²) < 4.78 is 1.92. The van der Waals surface area contributed by atoms with E-state index in [0.717, 1.165) is 12.5 Å². The van der Waals surface area contributed by atoms with Crippen LogP contribution in [0, 0.1) is 5.92 Å². The normalized spacial score (nSPS) is 13.3. The first kappa shape index (κ1) is 13.2. The number of nitrogens with one attached hydrogen (secondary N) is 1. The molecule has 92 valence electrons. The monoisotopic (exact) mass is 223 g/mol. The van der Waals surface area contributed by atoms with Gasteiger partial charge in [-0.2, -0.15) is 5.10 Å². The number of aryl methyl sites for hydroxylation is 1. The summed E-state index contributed by atoms with van der Waals surface area (Å²) in [5.41, 5.74) is 1.25. The van der Waals surface area contributed by atoms with Gasteiger partial charge in [0.2, 0.25) is 0 Å². The topological polar surface area (TPSA) is 29.9 Å². The third kappa shape index (κ3) is 4.79. The molecule has 0 fully saturated rings. The van der Waals surface area contributed by atoms with E-state index in [2.05, 4.69) is 37.3 Å². The van der Waals surface area contributed by atoms with Crippen LogP contribution in [0.2, 0.25) is 0 Å². The van der Waals surface area contributed by atoms with E-state index >= 15 is 0 Å². The summed E-state index contributed by atoms with van der Waals surface area (Å²) in [7, 11) is 1.99. The van der Waals surface area contributed by atoms with Crippen molar-refractivity contribution in [1.82, 2.24) is 15.1 Å². The lowest BCUT2D eigenvalue weighted by atomic mass is 10.0. The fourth-order valence-corrected chi connectivity index (χ4v) is 1.79. The van der Waals surface area contributed by atoms with Crippen LogP contribution in [0.1, 0.15) is 45.7 Å². The van der Waals surface area contributed by atoms with E-state index in [1.165, 1.54) is 25.0 Å². The summed E-state index contributed by atoms with van der Waals surface area (Å²) in [6, 6.07) is 2.65. The van der Waals surface area contributed by atoms with Crippen molar-refractivity contribution >= 4 is 0 Å². The number of hydrogen-bond acceptors (Lipinski definition) is 2. The number of rotatable bonds is 7. The minimum atomic E-state index is 0.591. The van der Waals surface area contributed by atoms with E-state index in [1.54, 1.807) is 0 Å². The van der Waals surface area contributed by atoms with Gasteiger partial charge in [-0.05, 0) is 25.3 Å². The van der Waals surface area contributed by atoms with Crippen LogP contribution >= 0.6 is 0 Å². The molecule has 0 aliphatic heterocycles. The van der Waals surface area contributed by atoms with Crippen molar-refractivity contribution in [3.63, 3.8) is 0 Å². The molecule has 0 aliphatic rings. The molecule has 0 saturated heterocycles. The molecule has 1 aromatic heterocycles. The second-order valence-electron chi connectivity index (χ2n) is 5.05. The van der Waals surface area contributed by atoms with Crippen molar-refractivity contribution in [3.8, 4) is 0 Å². The summed E-state index contributed by atoms with van der Waals surface area (Å²) >= 11 is 0. The largest absolute Gasteiger partial charge is 0.309 e. The van der Waals surface area contributed by atoms with Crippen LogP contribution in [0.4, 0.5) is 0 Å². The third-order valence-corrected chi connectivity index (χ3v) is 2.97. The van der Waals surface area contributed by atoms with Crippen LogP contribution in [0.3, 0.4) is 0 Å². The highest BCUT2D eigenvalue weighted by Crippen LogP contribution is 2.08. The maximum Gasteiger partial charge on any atom is 0.0518 e. The Bertz CT molecular complexity index is 291. The highest BCUT2D eigenvalue weighted by molar-refractivity contribution is 4.99. The molecule has 1 unspecified atom stereocenters. The van der Waals surface area contributed by atoms with Gasteiger partial charge >= 0.3 is 0 Å². The Morgan fingerprint density at radius 1 is 1.31 bits per heavy atom. The van der Waals surface area contributed by atoms with E-state index in [0.29, 0.717) is 6.04 Å². The Morgan fingerprint density at radius 3 is 2.62 bits per heavy atom. The van der Waals surface area contributed by atoms with Gasteiger partial charge in [0.25, 0.3) is 0 Å². The van der Waals surface area contributed by atoms with Gasteiger partial charge in [-0.15, -0.1) is 0 Å². The molecule has 0 aromatic carbocycles. The fraction of sp³-hybridized carbons (Fsp3) is 0.769. The van der Waals surface area contributed by atoms with Gasteiger partial charge < -0.3 is 5.32 Å². The van der Waals surface area contributed by atoms with Gasteiger partial charge in [0.15, 0.2) is 0 Å². The SMILES string of the molecule is CC(C)CCCC(C)NCc1ccnn1C. The summed E-state index contributed by atoms with van der Waals surface area (Å²) in [6.07, 6.45) is 5.76. The quantitative estimate of drug-likeness (QED) is 0.770. The first-order valence-corrected chi connectivity index (χ1v) is 6.30. The number of hydrogen-bond donors (Lipinski definition) is 1. The van der Waals surface area contributed by atoms with Crippen molar-refractivity contribution in [2.45, 2.75) is 52.6 Å². The Morgan fingerprint density at radius 2 is 2.06 bits per heavy atom. The molecule has 0 saturated carbocycles. The molecule has 3 nitrogen and oxygen atoms in total. The first-order chi connectivity index (χ1) is 7.59. The Kier molecular flexibility index (Phi) is 5.53. The molecule has 0 aliphatic carbocycles. The molecule has 3 heteroatoms. The van der Waals surface area contributed by atoms with Gasteiger partial charge in [0, 0.05) is 25.8 Å². The third-order valence-electron chi connectivity index (χ3n) is 2.97. The molecular formula is C13H25N3. The molecule has 0 radical (unpaired) electrons. The number of aromatic nitrogens is 2. The van der Waals surface area contributed by atoms with Crippen molar-refractivity contribution in [2.24, 2.45) is 13.0 Å². The molecule has 1 N–H and O–H groups in total. The van der Waals surface area contributed by atoms with Crippen LogP contribution < -0.4 is 5.32 Å². The van der Waals surface area contributed by atoms with Gasteiger partial charge in [-0.3, -0.25) is 4.68 Å². The van der Waals surface area contributed by atoms with Gasteiger partial charge in [0.1, 0.15) is 0 Å². The van der Waals surface area contributed by atoms with Gasteiger partial charge in [-0.1, -0.05) is 26.7 Å². The van der Waals surface area contributed by atoms with E-state index in [-0.39, 0.29) is 0 Å². The van der Waals surface area contributed by atoms with Crippen molar-refractivity contribution < 1.29 is 0 Å². The number of nitrogens with zero attached hydrogens (tertiary/aromatic N) is 2. The lowest BCUT2D eigenvalue weighted by molar-refractivity contribution is 0.451. The zero-order chi connectivity index (χ0) is 12.0. The Labute approximate surface area is 99.2 Å². The second-order valence-corrected chi connectivity index (χ2v) is 5.05.